The number of nitriles is 1. The molecule has 0 bridgehead atoms. The van der Waals surface area contributed by atoms with E-state index in [9.17, 15) is 10.1 Å². The summed E-state index contributed by atoms with van der Waals surface area (Å²) < 4.78 is 10.9. The number of benzene rings is 2. The molecule has 0 fully saturated rings. The fraction of sp³-hybridized carbons (Fsp3) is 0.158. The van der Waals surface area contributed by atoms with Gasteiger partial charge < -0.3 is 14.8 Å². The molecule has 1 heterocycles. The largest absolute Gasteiger partial charge is 0.486 e. The number of nitrogens with zero attached hydrogens (tertiary/aromatic N) is 1. The Morgan fingerprint density at radius 1 is 1.16 bits per heavy atom. The first-order chi connectivity index (χ1) is 12.2. The van der Waals surface area contributed by atoms with Crippen LogP contribution in [0.2, 0.25) is 0 Å². The molecule has 0 saturated heterocycles. The molecule has 2 aromatic carbocycles. The molecule has 2 aromatic rings. The van der Waals surface area contributed by atoms with E-state index < -0.39 is 5.91 Å². The van der Waals surface area contributed by atoms with Crippen molar-refractivity contribution in [1.29, 1.82) is 5.26 Å². The second kappa shape index (κ2) is 7.77. The first kappa shape index (κ1) is 16.9. The minimum absolute atomic E-state index is 0.0341. The third kappa shape index (κ3) is 4.14. The number of ether oxygens (including phenoxy) is 2. The summed E-state index contributed by atoms with van der Waals surface area (Å²) in [4.78, 5) is 13.5. The van der Waals surface area contributed by atoms with Crippen molar-refractivity contribution in [2.45, 2.75) is 4.90 Å². The van der Waals surface area contributed by atoms with Crippen molar-refractivity contribution >= 4 is 29.4 Å². The Bertz CT molecular complexity index is 854. The highest BCUT2D eigenvalue weighted by Gasteiger charge is 2.14. The maximum absolute atomic E-state index is 12.4. The lowest BCUT2D eigenvalue weighted by Gasteiger charge is -2.18. The number of thioether (sulfide) groups is 1. The normalized spacial score (nSPS) is 13.0. The van der Waals surface area contributed by atoms with Gasteiger partial charge in [0, 0.05) is 16.6 Å². The highest BCUT2D eigenvalue weighted by molar-refractivity contribution is 7.98. The second-order valence-corrected chi connectivity index (χ2v) is 6.14. The topological polar surface area (TPSA) is 71.4 Å². The van der Waals surface area contributed by atoms with E-state index in [1.165, 1.54) is 0 Å². The average Bonchev–Trinajstić information content (AvgIpc) is 2.66. The number of hydrogen-bond acceptors (Lipinski definition) is 5. The van der Waals surface area contributed by atoms with Gasteiger partial charge in [0.2, 0.25) is 0 Å². The summed E-state index contributed by atoms with van der Waals surface area (Å²) in [6.07, 6.45) is 3.56. The molecular weight excluding hydrogens is 336 g/mol. The van der Waals surface area contributed by atoms with E-state index in [4.69, 9.17) is 9.47 Å². The fourth-order valence-corrected chi connectivity index (χ4v) is 2.74. The van der Waals surface area contributed by atoms with Crippen LogP contribution < -0.4 is 14.8 Å². The van der Waals surface area contributed by atoms with Crippen LogP contribution in [-0.4, -0.2) is 25.4 Å². The molecule has 0 unspecified atom stereocenters. The Hall–Kier alpha value is -2.91. The smallest absolute Gasteiger partial charge is 0.266 e. The van der Waals surface area contributed by atoms with E-state index in [-0.39, 0.29) is 5.57 Å². The Balaban J connectivity index is 1.76. The van der Waals surface area contributed by atoms with Crippen molar-refractivity contribution in [2.24, 2.45) is 0 Å². The third-order valence-corrected chi connectivity index (χ3v) is 4.34. The zero-order valence-electron chi connectivity index (χ0n) is 13.6. The van der Waals surface area contributed by atoms with Crippen LogP contribution >= 0.6 is 11.8 Å². The predicted octanol–water partition coefficient (Wildman–Crippen LogP) is 3.73. The van der Waals surface area contributed by atoms with E-state index in [0.717, 1.165) is 10.5 Å². The van der Waals surface area contributed by atoms with Crippen molar-refractivity contribution in [3.8, 4) is 17.6 Å². The van der Waals surface area contributed by atoms with Crippen molar-refractivity contribution in [3.05, 3.63) is 53.6 Å². The molecule has 5 nitrogen and oxygen atoms in total. The lowest BCUT2D eigenvalue weighted by Crippen LogP contribution is -2.17. The Labute approximate surface area is 150 Å². The summed E-state index contributed by atoms with van der Waals surface area (Å²) in [6.45, 7) is 0.981. The number of carbonyl (C=O) groups is 1. The number of nitrogens with one attached hydrogen (secondary N) is 1. The number of rotatable bonds is 4. The van der Waals surface area contributed by atoms with Gasteiger partial charge in [0.15, 0.2) is 11.5 Å². The highest BCUT2D eigenvalue weighted by atomic mass is 32.2. The van der Waals surface area contributed by atoms with Gasteiger partial charge in [0.1, 0.15) is 24.9 Å². The molecule has 0 spiro atoms. The van der Waals surface area contributed by atoms with E-state index in [2.05, 4.69) is 5.32 Å². The van der Waals surface area contributed by atoms with E-state index in [1.807, 2.05) is 36.6 Å². The second-order valence-electron chi connectivity index (χ2n) is 5.26. The maximum Gasteiger partial charge on any atom is 0.266 e. The molecule has 126 valence electrons. The minimum atomic E-state index is -0.465. The van der Waals surface area contributed by atoms with Crippen LogP contribution in [0.1, 0.15) is 5.56 Å². The van der Waals surface area contributed by atoms with E-state index >= 15 is 0 Å². The molecule has 0 aromatic heterocycles. The summed E-state index contributed by atoms with van der Waals surface area (Å²) in [7, 11) is 0. The van der Waals surface area contributed by atoms with Gasteiger partial charge in [0.25, 0.3) is 5.91 Å². The lowest BCUT2D eigenvalue weighted by atomic mass is 10.1. The van der Waals surface area contributed by atoms with Gasteiger partial charge in [-0.15, -0.1) is 11.8 Å². The summed E-state index contributed by atoms with van der Waals surface area (Å²) in [6, 6.07) is 14.7. The van der Waals surface area contributed by atoms with E-state index in [1.54, 1.807) is 36.0 Å². The molecule has 0 aliphatic carbocycles. The van der Waals surface area contributed by atoms with Gasteiger partial charge in [-0.3, -0.25) is 4.79 Å². The molecule has 0 saturated carbocycles. The molecular formula is C19H16N2O3S. The Morgan fingerprint density at radius 2 is 1.88 bits per heavy atom. The molecule has 25 heavy (non-hydrogen) atoms. The van der Waals surface area contributed by atoms with Gasteiger partial charge in [-0.1, -0.05) is 12.1 Å². The first-order valence-corrected chi connectivity index (χ1v) is 8.89. The molecule has 0 atom stereocenters. The Morgan fingerprint density at radius 3 is 2.56 bits per heavy atom. The van der Waals surface area contributed by atoms with Gasteiger partial charge in [-0.25, -0.2) is 0 Å². The van der Waals surface area contributed by atoms with E-state index in [0.29, 0.717) is 30.4 Å². The van der Waals surface area contributed by atoms with Crippen LogP contribution in [0.3, 0.4) is 0 Å². The van der Waals surface area contributed by atoms with Gasteiger partial charge in [-0.2, -0.15) is 5.26 Å². The fourth-order valence-electron chi connectivity index (χ4n) is 2.33. The van der Waals surface area contributed by atoms with Crippen LogP contribution in [0.5, 0.6) is 11.5 Å². The average molecular weight is 352 g/mol. The Kier molecular flexibility index (Phi) is 5.26. The SMILES string of the molecule is CSc1ccc(/C=C(\C#N)C(=O)Nc2ccc3c(c2)OCCO3)cc1. The monoisotopic (exact) mass is 352 g/mol. The van der Waals surface area contributed by atoms with Crippen molar-refractivity contribution < 1.29 is 14.3 Å². The summed E-state index contributed by atoms with van der Waals surface area (Å²) in [5.41, 5.74) is 1.38. The van der Waals surface area contributed by atoms with Crippen LogP contribution in [0.25, 0.3) is 6.08 Å². The molecule has 6 heteroatoms. The first-order valence-electron chi connectivity index (χ1n) is 7.66. The number of anilines is 1. The lowest BCUT2D eigenvalue weighted by molar-refractivity contribution is -0.112. The van der Waals surface area contributed by atoms with Crippen LogP contribution in [0.4, 0.5) is 5.69 Å². The number of hydrogen-bond donors (Lipinski definition) is 1. The number of amides is 1. The molecule has 0 radical (unpaired) electrons. The van der Waals surface area contributed by atoms with Crippen LogP contribution in [0.15, 0.2) is 52.9 Å². The molecule has 3 rings (SSSR count). The zero-order valence-corrected chi connectivity index (χ0v) is 14.4. The summed E-state index contributed by atoms with van der Waals surface area (Å²) >= 11 is 1.63. The van der Waals surface area contributed by atoms with Crippen molar-refractivity contribution in [1.82, 2.24) is 0 Å². The number of fused-ring (bicyclic) bond motifs is 1. The standard InChI is InChI=1S/C19H16N2O3S/c1-25-16-5-2-13(3-6-16)10-14(12-20)19(22)21-15-4-7-17-18(11-15)24-9-8-23-17/h2-7,10-11H,8-9H2,1H3,(H,21,22)/b14-10+. The van der Waals surface area contributed by atoms with Gasteiger partial charge >= 0.3 is 0 Å². The van der Waals surface area contributed by atoms with Gasteiger partial charge in [-0.05, 0) is 42.2 Å². The van der Waals surface area contributed by atoms with Gasteiger partial charge in [0.05, 0.1) is 0 Å². The quantitative estimate of drug-likeness (QED) is 0.516. The highest BCUT2D eigenvalue weighted by Crippen LogP contribution is 2.32. The molecule has 1 aliphatic heterocycles. The third-order valence-electron chi connectivity index (χ3n) is 3.59. The molecule has 1 aliphatic rings. The van der Waals surface area contributed by atoms with Crippen molar-refractivity contribution in [2.75, 3.05) is 24.8 Å². The summed E-state index contributed by atoms with van der Waals surface area (Å²) in [5.74, 6) is 0.765. The van der Waals surface area contributed by atoms with Crippen molar-refractivity contribution in [3.63, 3.8) is 0 Å². The summed E-state index contributed by atoms with van der Waals surface area (Å²) in [5, 5.41) is 12.0. The maximum atomic E-state index is 12.4. The molecule has 1 amide bonds. The zero-order chi connectivity index (χ0) is 17.6. The molecule has 1 N–H and O–H groups in total. The predicted molar refractivity (Wildman–Crippen MR) is 97.9 cm³/mol. The van der Waals surface area contributed by atoms with Crippen LogP contribution in [0, 0.1) is 11.3 Å². The minimum Gasteiger partial charge on any atom is -0.486 e. The van der Waals surface area contributed by atoms with Crippen LogP contribution in [-0.2, 0) is 4.79 Å². The number of carbonyl (C=O) groups excluding carboxylic acids is 1.